The van der Waals surface area contributed by atoms with Crippen molar-refractivity contribution in [2.24, 2.45) is 0 Å². The van der Waals surface area contributed by atoms with Crippen LogP contribution in [0.25, 0.3) is 11.0 Å². The summed E-state index contributed by atoms with van der Waals surface area (Å²) < 4.78 is 5.63. The molecule has 0 aliphatic carbocycles. The van der Waals surface area contributed by atoms with Crippen LogP contribution in [0.5, 0.6) is 0 Å². The quantitative estimate of drug-likeness (QED) is 0.781. The van der Waals surface area contributed by atoms with Crippen molar-refractivity contribution in [1.29, 1.82) is 0 Å². The summed E-state index contributed by atoms with van der Waals surface area (Å²) in [5.74, 6) is 0.241. The Kier molecular flexibility index (Phi) is 3.17. The fraction of sp³-hybridized carbons (Fsp3) is 0.188. The third-order valence-electron chi connectivity index (χ3n) is 3.26. The zero-order valence-corrected chi connectivity index (χ0v) is 12.1. The lowest BCUT2D eigenvalue weighted by Crippen LogP contribution is -2.15. The lowest BCUT2D eigenvalue weighted by atomic mass is 10.1. The smallest absolute Gasteiger partial charge is 0.294 e. The van der Waals surface area contributed by atoms with Crippen molar-refractivity contribution in [3.63, 3.8) is 0 Å². The van der Waals surface area contributed by atoms with E-state index in [9.17, 15) is 4.79 Å². The monoisotopic (exact) mass is 281 g/mol. The van der Waals surface area contributed by atoms with Crippen molar-refractivity contribution in [2.75, 3.05) is 5.32 Å². The predicted octanol–water partition coefficient (Wildman–Crippen LogP) is 3.40. The van der Waals surface area contributed by atoms with E-state index < -0.39 is 0 Å². The van der Waals surface area contributed by atoms with Crippen molar-refractivity contribution in [1.82, 2.24) is 9.97 Å². The molecule has 0 aliphatic rings. The zero-order chi connectivity index (χ0) is 15.0. The number of anilines is 1. The molecular formula is C16H15N3O2. The molecule has 21 heavy (non-hydrogen) atoms. The second-order valence-corrected chi connectivity index (χ2v) is 4.98. The van der Waals surface area contributed by atoms with E-state index in [1.165, 1.54) is 0 Å². The molecule has 5 nitrogen and oxygen atoms in total. The van der Waals surface area contributed by atoms with Crippen molar-refractivity contribution in [2.45, 2.75) is 20.8 Å². The molecule has 1 aromatic carbocycles. The highest BCUT2D eigenvalue weighted by Crippen LogP contribution is 2.25. The highest BCUT2D eigenvalue weighted by atomic mass is 16.3. The summed E-state index contributed by atoms with van der Waals surface area (Å²) in [6, 6.07) is 9.41. The van der Waals surface area contributed by atoms with Crippen LogP contribution in [-0.2, 0) is 0 Å². The number of amides is 1. The molecule has 0 atom stereocenters. The number of furan rings is 1. The SMILES string of the molecule is Cc1cc(C)nc(NC(=O)c2oc3ccccc3c2C)n1. The summed E-state index contributed by atoms with van der Waals surface area (Å²) in [6.45, 7) is 5.58. The van der Waals surface area contributed by atoms with Gasteiger partial charge in [-0.25, -0.2) is 9.97 Å². The summed E-state index contributed by atoms with van der Waals surface area (Å²) in [5, 5.41) is 3.62. The molecule has 0 saturated carbocycles. The number of hydrogen-bond donors (Lipinski definition) is 1. The second kappa shape index (κ2) is 5.01. The van der Waals surface area contributed by atoms with E-state index in [1.54, 1.807) is 0 Å². The molecule has 106 valence electrons. The number of nitrogens with one attached hydrogen (secondary N) is 1. The van der Waals surface area contributed by atoms with Gasteiger partial charge in [-0.2, -0.15) is 0 Å². The minimum Gasteiger partial charge on any atom is -0.451 e. The number of hydrogen-bond acceptors (Lipinski definition) is 4. The number of nitrogens with zero attached hydrogens (tertiary/aromatic N) is 2. The van der Waals surface area contributed by atoms with Gasteiger partial charge in [0, 0.05) is 22.3 Å². The fourth-order valence-electron chi connectivity index (χ4n) is 2.33. The highest BCUT2D eigenvalue weighted by Gasteiger charge is 2.18. The molecule has 2 heterocycles. The van der Waals surface area contributed by atoms with Crippen molar-refractivity contribution < 1.29 is 9.21 Å². The Morgan fingerprint density at radius 2 is 1.76 bits per heavy atom. The van der Waals surface area contributed by atoms with Gasteiger partial charge in [0.2, 0.25) is 5.95 Å². The number of aryl methyl sites for hydroxylation is 3. The van der Waals surface area contributed by atoms with Crippen LogP contribution >= 0.6 is 0 Å². The average molecular weight is 281 g/mol. The largest absolute Gasteiger partial charge is 0.451 e. The van der Waals surface area contributed by atoms with Gasteiger partial charge in [0.15, 0.2) is 5.76 Å². The van der Waals surface area contributed by atoms with Crippen LogP contribution in [0.3, 0.4) is 0 Å². The van der Waals surface area contributed by atoms with E-state index in [2.05, 4.69) is 15.3 Å². The summed E-state index contributed by atoms with van der Waals surface area (Å²) in [4.78, 5) is 20.7. The number of benzene rings is 1. The van der Waals surface area contributed by atoms with Gasteiger partial charge < -0.3 is 4.42 Å². The molecule has 2 aromatic heterocycles. The molecule has 5 heteroatoms. The van der Waals surface area contributed by atoms with Gasteiger partial charge in [-0.3, -0.25) is 10.1 Å². The first-order valence-electron chi connectivity index (χ1n) is 6.66. The first-order chi connectivity index (χ1) is 10.0. The van der Waals surface area contributed by atoms with Crippen molar-refractivity contribution >= 4 is 22.8 Å². The summed E-state index contributed by atoms with van der Waals surface area (Å²) in [6.07, 6.45) is 0. The summed E-state index contributed by atoms with van der Waals surface area (Å²) >= 11 is 0. The van der Waals surface area contributed by atoms with E-state index in [1.807, 2.05) is 51.1 Å². The minimum atomic E-state index is -0.339. The highest BCUT2D eigenvalue weighted by molar-refractivity contribution is 6.05. The standard InChI is InChI=1S/C16H15N3O2/c1-9-8-10(2)18-16(17-9)19-15(20)14-11(3)12-6-4-5-7-13(12)21-14/h4-8H,1-3H3,(H,17,18,19,20). The topological polar surface area (TPSA) is 68.0 Å². The summed E-state index contributed by atoms with van der Waals surface area (Å²) in [7, 11) is 0. The molecule has 3 rings (SSSR count). The van der Waals surface area contributed by atoms with Gasteiger partial charge in [0.1, 0.15) is 5.58 Å². The van der Waals surface area contributed by atoms with Crippen LogP contribution < -0.4 is 5.32 Å². The van der Waals surface area contributed by atoms with Gasteiger partial charge in [-0.1, -0.05) is 18.2 Å². The van der Waals surface area contributed by atoms with Gasteiger partial charge >= 0.3 is 0 Å². The number of para-hydroxylation sites is 1. The number of fused-ring (bicyclic) bond motifs is 1. The molecule has 1 amide bonds. The maximum absolute atomic E-state index is 12.3. The average Bonchev–Trinajstić information content (AvgIpc) is 2.76. The third kappa shape index (κ3) is 2.50. The third-order valence-corrected chi connectivity index (χ3v) is 3.26. The first-order valence-corrected chi connectivity index (χ1v) is 6.66. The van der Waals surface area contributed by atoms with Crippen molar-refractivity contribution in [3.05, 3.63) is 53.0 Å². The lowest BCUT2D eigenvalue weighted by Gasteiger charge is -2.04. The van der Waals surface area contributed by atoms with Gasteiger partial charge in [0.25, 0.3) is 5.91 Å². The molecule has 0 saturated heterocycles. The van der Waals surface area contributed by atoms with Gasteiger partial charge in [-0.15, -0.1) is 0 Å². The molecule has 0 bridgehead atoms. The van der Waals surface area contributed by atoms with Crippen LogP contribution in [0, 0.1) is 20.8 Å². The number of rotatable bonds is 2. The maximum atomic E-state index is 12.3. The molecule has 1 N–H and O–H groups in total. The first kappa shape index (κ1) is 13.3. The molecule has 0 aliphatic heterocycles. The Labute approximate surface area is 122 Å². The van der Waals surface area contributed by atoms with E-state index >= 15 is 0 Å². The Morgan fingerprint density at radius 1 is 1.10 bits per heavy atom. The molecule has 3 aromatic rings. The Bertz CT molecular complexity index is 816. The molecule has 0 spiro atoms. The molecule has 0 unspecified atom stereocenters. The minimum absolute atomic E-state index is 0.289. The van der Waals surface area contributed by atoms with Gasteiger partial charge in [0.05, 0.1) is 0 Å². The Balaban J connectivity index is 1.95. The Morgan fingerprint density at radius 3 is 2.43 bits per heavy atom. The normalized spacial score (nSPS) is 10.8. The number of carbonyl (C=O) groups excluding carboxylic acids is 1. The van der Waals surface area contributed by atoms with E-state index in [-0.39, 0.29) is 11.9 Å². The number of aromatic nitrogens is 2. The Hall–Kier alpha value is -2.69. The molecule has 0 fully saturated rings. The maximum Gasteiger partial charge on any atom is 0.294 e. The van der Waals surface area contributed by atoms with Crippen LogP contribution in [-0.4, -0.2) is 15.9 Å². The fourth-order valence-corrected chi connectivity index (χ4v) is 2.33. The van der Waals surface area contributed by atoms with Gasteiger partial charge in [-0.05, 0) is 32.9 Å². The van der Waals surface area contributed by atoms with E-state index in [0.29, 0.717) is 11.3 Å². The van der Waals surface area contributed by atoms with Crippen LogP contribution in [0.4, 0.5) is 5.95 Å². The van der Waals surface area contributed by atoms with Crippen LogP contribution in [0.2, 0.25) is 0 Å². The van der Waals surface area contributed by atoms with E-state index in [4.69, 9.17) is 4.42 Å². The van der Waals surface area contributed by atoms with E-state index in [0.717, 1.165) is 22.3 Å². The zero-order valence-electron chi connectivity index (χ0n) is 12.1. The molecular weight excluding hydrogens is 266 g/mol. The second-order valence-electron chi connectivity index (χ2n) is 4.98. The lowest BCUT2D eigenvalue weighted by molar-refractivity contribution is 0.0997. The predicted molar refractivity (Wildman–Crippen MR) is 80.4 cm³/mol. The van der Waals surface area contributed by atoms with Crippen LogP contribution in [0.15, 0.2) is 34.7 Å². The van der Waals surface area contributed by atoms with Crippen LogP contribution in [0.1, 0.15) is 27.5 Å². The number of carbonyl (C=O) groups is 1. The summed E-state index contributed by atoms with van der Waals surface area (Å²) in [5.41, 5.74) is 3.12. The van der Waals surface area contributed by atoms with Crippen molar-refractivity contribution in [3.8, 4) is 0 Å². The molecule has 0 radical (unpaired) electrons.